The zero-order chi connectivity index (χ0) is 10.1. The standard InChI is InChI=1S/C12H16O/c1-9-6-7-11(13-5)10(8-9)12(2,3)4/h1,6-8H,2-5H3. The van der Waals surface area contributed by atoms with E-state index in [9.17, 15) is 0 Å². The summed E-state index contributed by atoms with van der Waals surface area (Å²) in [5.41, 5.74) is 2.00. The summed E-state index contributed by atoms with van der Waals surface area (Å²) in [4.78, 5) is 0. The van der Waals surface area contributed by atoms with Crippen molar-refractivity contribution in [2.75, 3.05) is 7.11 Å². The van der Waals surface area contributed by atoms with Gasteiger partial charge in [-0.25, -0.2) is 0 Å². The molecule has 0 N–H and O–H groups in total. The van der Waals surface area contributed by atoms with Crippen molar-refractivity contribution < 1.29 is 4.74 Å². The Hall–Kier alpha value is -0.980. The Balaban J connectivity index is 3.24. The van der Waals surface area contributed by atoms with Gasteiger partial charge >= 0.3 is 0 Å². The smallest absolute Gasteiger partial charge is 0.122 e. The molecule has 0 amide bonds. The maximum absolute atomic E-state index is 5.72. The molecule has 1 heteroatoms. The van der Waals surface area contributed by atoms with E-state index in [4.69, 9.17) is 11.7 Å². The molecule has 0 aliphatic heterocycles. The van der Waals surface area contributed by atoms with E-state index in [0.717, 1.165) is 16.9 Å². The highest BCUT2D eigenvalue weighted by Crippen LogP contribution is 2.31. The average Bonchev–Trinajstić information content (AvgIpc) is 2.03. The fraction of sp³-hybridized carbons (Fsp3) is 0.417. The van der Waals surface area contributed by atoms with Crippen LogP contribution in [0.1, 0.15) is 31.9 Å². The molecular weight excluding hydrogens is 160 g/mol. The fourth-order valence-corrected chi connectivity index (χ4v) is 1.31. The molecule has 0 aliphatic rings. The normalized spacial score (nSPS) is 11.5. The molecule has 0 saturated heterocycles. The van der Waals surface area contributed by atoms with E-state index in [-0.39, 0.29) is 5.41 Å². The van der Waals surface area contributed by atoms with Crippen molar-refractivity contribution in [3.05, 3.63) is 36.2 Å². The topological polar surface area (TPSA) is 9.23 Å². The molecule has 0 saturated carbocycles. The molecule has 1 nitrogen and oxygen atoms in total. The first-order valence-electron chi connectivity index (χ1n) is 4.39. The molecule has 13 heavy (non-hydrogen) atoms. The minimum atomic E-state index is 0.0702. The molecule has 2 radical (unpaired) electrons. The summed E-state index contributed by atoms with van der Waals surface area (Å²) in [7, 11) is 1.68. The summed E-state index contributed by atoms with van der Waals surface area (Å²) in [6, 6.07) is 5.74. The lowest BCUT2D eigenvalue weighted by Gasteiger charge is -2.22. The predicted octanol–water partition coefficient (Wildman–Crippen LogP) is 3.05. The molecule has 0 aromatic heterocycles. The Morgan fingerprint density at radius 1 is 1.23 bits per heavy atom. The molecule has 1 aromatic rings. The number of hydrogen-bond acceptors (Lipinski definition) is 1. The number of ether oxygens (including phenoxy) is 1. The third-order valence-corrected chi connectivity index (χ3v) is 2.03. The minimum Gasteiger partial charge on any atom is -0.496 e. The highest BCUT2D eigenvalue weighted by molar-refractivity contribution is 5.42. The lowest BCUT2D eigenvalue weighted by Crippen LogP contribution is -2.12. The van der Waals surface area contributed by atoms with Gasteiger partial charge in [0.2, 0.25) is 0 Å². The van der Waals surface area contributed by atoms with E-state index >= 15 is 0 Å². The van der Waals surface area contributed by atoms with Crippen molar-refractivity contribution in [3.8, 4) is 5.75 Å². The highest BCUT2D eigenvalue weighted by atomic mass is 16.5. The van der Waals surface area contributed by atoms with Crippen LogP contribution in [0.3, 0.4) is 0 Å². The third kappa shape index (κ3) is 2.24. The van der Waals surface area contributed by atoms with E-state index in [0.29, 0.717) is 0 Å². The van der Waals surface area contributed by atoms with E-state index < -0.39 is 0 Å². The monoisotopic (exact) mass is 176 g/mol. The summed E-state index contributed by atoms with van der Waals surface area (Å²) in [5.74, 6) is 0.904. The summed E-state index contributed by atoms with van der Waals surface area (Å²) >= 11 is 0. The molecule has 0 bridgehead atoms. The second kappa shape index (κ2) is 3.41. The highest BCUT2D eigenvalue weighted by Gasteiger charge is 2.18. The van der Waals surface area contributed by atoms with Crippen LogP contribution in [-0.2, 0) is 5.41 Å². The lowest BCUT2D eigenvalue weighted by atomic mass is 9.85. The van der Waals surface area contributed by atoms with Gasteiger partial charge in [0.25, 0.3) is 0 Å². The summed E-state index contributed by atoms with van der Waals surface area (Å²) in [5, 5.41) is 0. The predicted molar refractivity (Wildman–Crippen MR) is 55.1 cm³/mol. The number of hydrogen-bond donors (Lipinski definition) is 0. The molecule has 0 spiro atoms. The van der Waals surface area contributed by atoms with Crippen molar-refractivity contribution >= 4 is 0 Å². The average molecular weight is 176 g/mol. The third-order valence-electron chi connectivity index (χ3n) is 2.03. The van der Waals surface area contributed by atoms with Crippen molar-refractivity contribution in [2.45, 2.75) is 26.2 Å². The first-order valence-corrected chi connectivity index (χ1v) is 4.39. The fourth-order valence-electron chi connectivity index (χ4n) is 1.31. The number of rotatable bonds is 1. The van der Waals surface area contributed by atoms with Crippen LogP contribution in [-0.4, -0.2) is 7.11 Å². The van der Waals surface area contributed by atoms with Gasteiger partial charge in [-0.1, -0.05) is 32.9 Å². The van der Waals surface area contributed by atoms with Crippen LogP contribution in [0.5, 0.6) is 5.75 Å². The quantitative estimate of drug-likeness (QED) is 0.639. The number of benzene rings is 1. The molecular formula is C12H16O. The van der Waals surface area contributed by atoms with Gasteiger partial charge in [-0.05, 0) is 29.5 Å². The summed E-state index contributed by atoms with van der Waals surface area (Å²) in [6.45, 7) is 12.2. The Kier molecular flexibility index (Phi) is 2.65. The maximum Gasteiger partial charge on any atom is 0.122 e. The van der Waals surface area contributed by atoms with Gasteiger partial charge in [0, 0.05) is 0 Å². The zero-order valence-electron chi connectivity index (χ0n) is 8.72. The van der Waals surface area contributed by atoms with Gasteiger partial charge in [0.15, 0.2) is 0 Å². The van der Waals surface area contributed by atoms with Gasteiger partial charge in [0.05, 0.1) is 7.11 Å². The Labute approximate surface area is 80.7 Å². The minimum absolute atomic E-state index is 0.0702. The molecule has 0 fully saturated rings. The van der Waals surface area contributed by atoms with Gasteiger partial charge in [-0.2, -0.15) is 0 Å². The lowest BCUT2D eigenvalue weighted by molar-refractivity contribution is 0.397. The van der Waals surface area contributed by atoms with Crippen LogP contribution in [0.15, 0.2) is 18.2 Å². The SMILES string of the molecule is [CH]c1ccc(OC)c(C(C)(C)C)c1. The van der Waals surface area contributed by atoms with Crippen molar-refractivity contribution in [3.63, 3.8) is 0 Å². The van der Waals surface area contributed by atoms with Crippen molar-refractivity contribution in [2.24, 2.45) is 0 Å². The van der Waals surface area contributed by atoms with E-state index in [1.807, 2.05) is 18.2 Å². The molecule has 0 heterocycles. The second-order valence-electron chi connectivity index (χ2n) is 4.21. The second-order valence-corrected chi connectivity index (χ2v) is 4.21. The molecule has 0 atom stereocenters. The molecule has 0 aliphatic carbocycles. The Morgan fingerprint density at radius 2 is 1.85 bits per heavy atom. The van der Waals surface area contributed by atoms with Crippen LogP contribution in [0.2, 0.25) is 0 Å². The van der Waals surface area contributed by atoms with Gasteiger partial charge in [0.1, 0.15) is 5.75 Å². The molecule has 70 valence electrons. The summed E-state index contributed by atoms with van der Waals surface area (Å²) < 4.78 is 5.27. The van der Waals surface area contributed by atoms with E-state index in [1.165, 1.54) is 0 Å². The van der Waals surface area contributed by atoms with Crippen LogP contribution in [0.4, 0.5) is 0 Å². The largest absolute Gasteiger partial charge is 0.496 e. The van der Waals surface area contributed by atoms with Crippen LogP contribution >= 0.6 is 0 Å². The Bertz CT molecular complexity index is 294. The van der Waals surface area contributed by atoms with E-state index in [1.54, 1.807) is 7.11 Å². The van der Waals surface area contributed by atoms with Gasteiger partial charge < -0.3 is 4.74 Å². The van der Waals surface area contributed by atoms with Gasteiger partial charge in [-0.15, -0.1) is 0 Å². The molecule has 0 unspecified atom stereocenters. The molecule has 1 aromatic carbocycles. The van der Waals surface area contributed by atoms with Gasteiger partial charge in [-0.3, -0.25) is 0 Å². The molecule has 1 rings (SSSR count). The van der Waals surface area contributed by atoms with Crippen molar-refractivity contribution in [1.82, 2.24) is 0 Å². The Morgan fingerprint density at radius 3 is 2.31 bits per heavy atom. The van der Waals surface area contributed by atoms with Crippen LogP contribution in [0.25, 0.3) is 0 Å². The van der Waals surface area contributed by atoms with Crippen molar-refractivity contribution in [1.29, 1.82) is 0 Å². The van der Waals surface area contributed by atoms with E-state index in [2.05, 4.69) is 20.8 Å². The van der Waals surface area contributed by atoms with Crippen LogP contribution < -0.4 is 4.74 Å². The number of methoxy groups -OCH3 is 1. The first kappa shape index (κ1) is 10.1. The summed E-state index contributed by atoms with van der Waals surface area (Å²) in [6.07, 6.45) is 0. The maximum atomic E-state index is 5.72. The first-order chi connectivity index (χ1) is 5.95. The van der Waals surface area contributed by atoms with Crippen LogP contribution in [0, 0.1) is 6.92 Å². The zero-order valence-corrected chi connectivity index (χ0v) is 8.72.